The van der Waals surface area contributed by atoms with Crippen molar-refractivity contribution in [3.8, 4) is 0 Å². The fraction of sp³-hybridized carbons (Fsp3) is 0.600. The molecule has 2 rings (SSSR count). The summed E-state index contributed by atoms with van der Waals surface area (Å²) >= 11 is 5.78. The van der Waals surface area contributed by atoms with E-state index in [9.17, 15) is 0 Å². The smallest absolute Gasteiger partial charge is 0.0511 e. The highest BCUT2D eigenvalue weighted by atomic mass is 79.9. The fourth-order valence-corrected chi connectivity index (χ4v) is 4.07. The third kappa shape index (κ3) is 3.89. The first-order chi connectivity index (χ1) is 8.89. The monoisotopic (exact) mass is 342 g/mol. The zero-order chi connectivity index (χ0) is 14.0. The Kier molecular flexibility index (Phi) is 4.85. The van der Waals surface area contributed by atoms with Gasteiger partial charge in [-0.05, 0) is 47.0 Å². The Labute approximate surface area is 129 Å². The van der Waals surface area contributed by atoms with Gasteiger partial charge in [-0.3, -0.25) is 0 Å². The summed E-state index contributed by atoms with van der Waals surface area (Å²) in [7, 11) is 0. The molecule has 0 aromatic heterocycles. The number of halogens is 1. The van der Waals surface area contributed by atoms with Crippen LogP contribution in [0.2, 0.25) is 0 Å². The molecule has 1 aliphatic heterocycles. The Morgan fingerprint density at radius 3 is 2.74 bits per heavy atom. The summed E-state index contributed by atoms with van der Waals surface area (Å²) in [4.78, 5) is 2.48. The molecule has 0 amide bonds. The lowest BCUT2D eigenvalue weighted by Gasteiger charge is -2.25. The number of hydrogen-bond acceptors (Lipinski definition) is 3. The Balaban J connectivity index is 2.18. The summed E-state index contributed by atoms with van der Waals surface area (Å²) in [5.41, 5.74) is 8.41. The van der Waals surface area contributed by atoms with Crippen LogP contribution >= 0.6 is 27.7 Å². The fourth-order valence-electron chi connectivity index (χ4n) is 2.32. The summed E-state index contributed by atoms with van der Waals surface area (Å²) in [5.74, 6) is 1.19. The highest BCUT2D eigenvalue weighted by Gasteiger charge is 2.24. The van der Waals surface area contributed by atoms with Crippen molar-refractivity contribution in [2.24, 2.45) is 5.73 Å². The van der Waals surface area contributed by atoms with Gasteiger partial charge >= 0.3 is 0 Å². The lowest BCUT2D eigenvalue weighted by molar-refractivity contribution is 0.637. The number of hydrogen-bond donors (Lipinski definition) is 1. The first kappa shape index (κ1) is 15.2. The first-order valence-electron chi connectivity index (χ1n) is 6.83. The molecule has 0 bridgehead atoms. The van der Waals surface area contributed by atoms with E-state index in [0.29, 0.717) is 4.75 Å². The van der Waals surface area contributed by atoms with Crippen LogP contribution in [0.4, 0.5) is 5.69 Å². The van der Waals surface area contributed by atoms with Crippen molar-refractivity contribution in [2.45, 2.75) is 38.0 Å². The van der Waals surface area contributed by atoms with Crippen LogP contribution in [0.5, 0.6) is 0 Å². The minimum atomic E-state index is 0.0870. The highest BCUT2D eigenvalue weighted by molar-refractivity contribution is 9.10. The second-order valence-electron chi connectivity index (χ2n) is 5.84. The number of anilines is 1. The SMILES string of the molecule is C[C@H](N)c1ccc(N2CCSC(C)(C)CC2)c(Br)c1. The van der Waals surface area contributed by atoms with Crippen molar-refractivity contribution in [3.63, 3.8) is 0 Å². The molecular formula is C15H23BrN2S. The first-order valence-corrected chi connectivity index (χ1v) is 8.61. The Bertz CT molecular complexity index is 446. The Hall–Kier alpha value is -0.190. The van der Waals surface area contributed by atoms with Crippen LogP contribution in [-0.4, -0.2) is 23.6 Å². The summed E-state index contributed by atoms with van der Waals surface area (Å²) in [5, 5.41) is 0. The quantitative estimate of drug-likeness (QED) is 0.873. The molecule has 0 radical (unpaired) electrons. The minimum Gasteiger partial charge on any atom is -0.370 e. The van der Waals surface area contributed by atoms with E-state index >= 15 is 0 Å². The van der Waals surface area contributed by atoms with Gasteiger partial charge in [0, 0.05) is 34.1 Å². The molecule has 2 nitrogen and oxygen atoms in total. The summed E-state index contributed by atoms with van der Waals surface area (Å²) < 4.78 is 1.56. The van der Waals surface area contributed by atoms with E-state index in [4.69, 9.17) is 5.73 Å². The van der Waals surface area contributed by atoms with Crippen molar-refractivity contribution in [1.82, 2.24) is 0 Å². The largest absolute Gasteiger partial charge is 0.370 e. The highest BCUT2D eigenvalue weighted by Crippen LogP contribution is 2.35. The number of benzene rings is 1. The minimum absolute atomic E-state index is 0.0870. The van der Waals surface area contributed by atoms with Crippen LogP contribution in [0, 0.1) is 0 Å². The predicted octanol–water partition coefficient (Wildman–Crippen LogP) is 4.19. The van der Waals surface area contributed by atoms with Gasteiger partial charge in [0.1, 0.15) is 0 Å². The molecule has 1 saturated heterocycles. The van der Waals surface area contributed by atoms with Crippen LogP contribution in [-0.2, 0) is 0 Å². The maximum Gasteiger partial charge on any atom is 0.0511 e. The van der Waals surface area contributed by atoms with Gasteiger partial charge < -0.3 is 10.6 Å². The number of nitrogens with two attached hydrogens (primary N) is 1. The van der Waals surface area contributed by atoms with Gasteiger partial charge in [-0.1, -0.05) is 19.9 Å². The third-order valence-corrected chi connectivity index (χ3v) is 5.68. The van der Waals surface area contributed by atoms with Crippen molar-refractivity contribution in [3.05, 3.63) is 28.2 Å². The average molecular weight is 343 g/mol. The predicted molar refractivity (Wildman–Crippen MR) is 90.1 cm³/mol. The molecule has 1 aromatic carbocycles. The van der Waals surface area contributed by atoms with Gasteiger partial charge in [0.2, 0.25) is 0 Å². The van der Waals surface area contributed by atoms with E-state index in [0.717, 1.165) is 17.6 Å². The Morgan fingerprint density at radius 2 is 2.11 bits per heavy atom. The molecule has 106 valence electrons. The molecular weight excluding hydrogens is 320 g/mol. The molecule has 1 atom stereocenters. The zero-order valence-corrected chi connectivity index (χ0v) is 14.4. The molecule has 2 N–H and O–H groups in total. The van der Waals surface area contributed by atoms with Crippen LogP contribution in [0.15, 0.2) is 22.7 Å². The van der Waals surface area contributed by atoms with E-state index in [-0.39, 0.29) is 6.04 Å². The zero-order valence-electron chi connectivity index (χ0n) is 11.9. The van der Waals surface area contributed by atoms with Gasteiger partial charge in [-0.2, -0.15) is 11.8 Å². The van der Waals surface area contributed by atoms with Crippen molar-refractivity contribution in [2.75, 3.05) is 23.7 Å². The van der Waals surface area contributed by atoms with Gasteiger partial charge in [-0.15, -0.1) is 0 Å². The van der Waals surface area contributed by atoms with Crippen LogP contribution in [0.1, 0.15) is 38.8 Å². The molecule has 1 aromatic rings. The summed E-state index contributed by atoms with van der Waals surface area (Å²) in [6.07, 6.45) is 1.22. The van der Waals surface area contributed by atoms with Crippen LogP contribution in [0.25, 0.3) is 0 Å². The molecule has 4 heteroatoms. The van der Waals surface area contributed by atoms with Crippen molar-refractivity contribution >= 4 is 33.4 Å². The standard InChI is InChI=1S/C15H23BrN2S/c1-11(17)12-4-5-14(13(16)10-12)18-7-6-15(2,3)19-9-8-18/h4-5,10-11H,6-9,17H2,1-3H3/t11-/m0/s1. The maximum absolute atomic E-state index is 5.93. The average Bonchev–Trinajstić information content (AvgIpc) is 2.50. The number of thioether (sulfide) groups is 1. The molecule has 1 aliphatic rings. The second kappa shape index (κ2) is 6.06. The maximum atomic E-state index is 5.93. The van der Waals surface area contributed by atoms with Gasteiger partial charge in [0.15, 0.2) is 0 Å². The van der Waals surface area contributed by atoms with Crippen molar-refractivity contribution in [1.29, 1.82) is 0 Å². The lowest BCUT2D eigenvalue weighted by Crippen LogP contribution is -2.27. The van der Waals surface area contributed by atoms with Crippen LogP contribution < -0.4 is 10.6 Å². The van der Waals surface area contributed by atoms with E-state index in [1.165, 1.54) is 23.4 Å². The van der Waals surface area contributed by atoms with Gasteiger partial charge in [0.05, 0.1) is 5.69 Å². The molecule has 0 spiro atoms. The molecule has 1 fully saturated rings. The van der Waals surface area contributed by atoms with E-state index < -0.39 is 0 Å². The number of nitrogens with zero attached hydrogens (tertiary/aromatic N) is 1. The van der Waals surface area contributed by atoms with Gasteiger partial charge in [-0.25, -0.2) is 0 Å². The number of rotatable bonds is 2. The molecule has 19 heavy (non-hydrogen) atoms. The van der Waals surface area contributed by atoms with Crippen molar-refractivity contribution < 1.29 is 0 Å². The molecule has 0 unspecified atom stereocenters. The normalized spacial score (nSPS) is 21.0. The summed E-state index contributed by atoms with van der Waals surface area (Å²) in [6.45, 7) is 8.94. The van der Waals surface area contributed by atoms with Gasteiger partial charge in [0.25, 0.3) is 0 Å². The third-order valence-electron chi connectivity index (χ3n) is 3.68. The Morgan fingerprint density at radius 1 is 1.37 bits per heavy atom. The van der Waals surface area contributed by atoms with E-state index in [2.05, 4.69) is 64.6 Å². The van der Waals surface area contributed by atoms with E-state index in [1.807, 2.05) is 6.92 Å². The lowest BCUT2D eigenvalue weighted by atomic mass is 10.1. The van der Waals surface area contributed by atoms with E-state index in [1.54, 1.807) is 0 Å². The summed E-state index contributed by atoms with van der Waals surface area (Å²) in [6, 6.07) is 6.59. The van der Waals surface area contributed by atoms with Crippen LogP contribution in [0.3, 0.4) is 0 Å². The second-order valence-corrected chi connectivity index (χ2v) is 8.50. The topological polar surface area (TPSA) is 29.3 Å². The molecule has 0 aliphatic carbocycles. The molecule has 1 heterocycles. The molecule has 0 saturated carbocycles.